The SMILES string of the molecule is CC1(C)OB(c2cc3c(s2)c2sccc2n3-c2ccccc2)OC1(C)C. The fraction of sp³-hybridized carbons (Fsp3) is 0.300. The topological polar surface area (TPSA) is 23.4 Å². The lowest BCUT2D eigenvalue weighted by molar-refractivity contribution is 0.00578. The second-order valence-corrected chi connectivity index (χ2v) is 9.76. The van der Waals surface area contributed by atoms with Gasteiger partial charge in [0.1, 0.15) is 0 Å². The van der Waals surface area contributed by atoms with E-state index in [9.17, 15) is 0 Å². The molecule has 0 radical (unpaired) electrons. The largest absolute Gasteiger partial charge is 0.505 e. The lowest BCUT2D eigenvalue weighted by atomic mass is 9.88. The van der Waals surface area contributed by atoms with Gasteiger partial charge in [-0.15, -0.1) is 22.7 Å². The Morgan fingerprint density at radius 2 is 1.58 bits per heavy atom. The van der Waals surface area contributed by atoms with Crippen LogP contribution in [0.2, 0.25) is 0 Å². The van der Waals surface area contributed by atoms with Gasteiger partial charge < -0.3 is 13.9 Å². The number of hydrogen-bond donors (Lipinski definition) is 0. The Kier molecular flexibility index (Phi) is 3.48. The molecule has 0 unspecified atom stereocenters. The molecular weight excluding hydrogens is 361 g/mol. The van der Waals surface area contributed by atoms with E-state index in [1.165, 1.54) is 26.1 Å². The van der Waals surface area contributed by atoms with Crippen molar-refractivity contribution in [2.45, 2.75) is 38.9 Å². The van der Waals surface area contributed by atoms with E-state index in [2.05, 4.69) is 80.1 Å². The summed E-state index contributed by atoms with van der Waals surface area (Å²) in [5.74, 6) is 0. The third kappa shape index (κ3) is 2.26. The van der Waals surface area contributed by atoms with E-state index in [0.29, 0.717) is 0 Å². The zero-order valence-corrected chi connectivity index (χ0v) is 16.9. The Morgan fingerprint density at radius 1 is 0.885 bits per heavy atom. The fourth-order valence-electron chi connectivity index (χ4n) is 3.44. The first-order valence-corrected chi connectivity index (χ1v) is 10.5. The molecule has 0 aliphatic carbocycles. The van der Waals surface area contributed by atoms with Crippen LogP contribution in [0.1, 0.15) is 27.7 Å². The smallest absolute Gasteiger partial charge is 0.399 e. The molecule has 1 aliphatic rings. The number of nitrogens with zero attached hydrogens (tertiary/aromatic N) is 1. The van der Waals surface area contributed by atoms with E-state index in [0.717, 1.165) is 4.78 Å². The van der Waals surface area contributed by atoms with Gasteiger partial charge in [-0.25, -0.2) is 0 Å². The first-order chi connectivity index (χ1) is 12.4. The highest BCUT2D eigenvalue weighted by Crippen LogP contribution is 2.41. The number of rotatable bonds is 2. The van der Waals surface area contributed by atoms with Crippen LogP contribution in [0.25, 0.3) is 26.1 Å². The van der Waals surface area contributed by atoms with Crippen molar-refractivity contribution in [3.63, 3.8) is 0 Å². The molecule has 0 saturated carbocycles. The van der Waals surface area contributed by atoms with Crippen LogP contribution in [0.5, 0.6) is 0 Å². The van der Waals surface area contributed by atoms with Crippen LogP contribution >= 0.6 is 22.7 Å². The number of hydrogen-bond acceptors (Lipinski definition) is 4. The summed E-state index contributed by atoms with van der Waals surface area (Å²) in [7, 11) is -0.309. The van der Waals surface area contributed by atoms with Gasteiger partial charge in [-0.05, 0) is 57.3 Å². The van der Waals surface area contributed by atoms with Gasteiger partial charge in [0.15, 0.2) is 0 Å². The predicted octanol–water partition coefficient (Wildman–Crippen LogP) is 5.21. The van der Waals surface area contributed by atoms with Crippen LogP contribution in [-0.2, 0) is 9.31 Å². The Balaban J connectivity index is 1.69. The minimum Gasteiger partial charge on any atom is -0.399 e. The van der Waals surface area contributed by atoms with Gasteiger partial charge >= 0.3 is 7.12 Å². The van der Waals surface area contributed by atoms with Gasteiger partial charge in [-0.2, -0.15) is 0 Å². The highest BCUT2D eigenvalue weighted by atomic mass is 32.1. The highest BCUT2D eigenvalue weighted by Gasteiger charge is 2.52. The maximum absolute atomic E-state index is 6.27. The third-order valence-corrected chi connectivity index (χ3v) is 7.78. The Morgan fingerprint density at radius 3 is 2.27 bits per heavy atom. The second kappa shape index (κ2) is 5.46. The Bertz CT molecular complexity index is 1090. The molecule has 6 heteroatoms. The second-order valence-electron chi connectivity index (χ2n) is 7.76. The zero-order valence-electron chi connectivity index (χ0n) is 15.3. The van der Waals surface area contributed by atoms with Crippen LogP contribution in [-0.4, -0.2) is 22.9 Å². The van der Waals surface area contributed by atoms with E-state index in [1.54, 1.807) is 22.7 Å². The maximum atomic E-state index is 6.27. The molecule has 1 saturated heterocycles. The molecule has 132 valence electrons. The lowest BCUT2D eigenvalue weighted by Crippen LogP contribution is -2.41. The van der Waals surface area contributed by atoms with Gasteiger partial charge in [0.25, 0.3) is 0 Å². The van der Waals surface area contributed by atoms with E-state index >= 15 is 0 Å². The average molecular weight is 381 g/mol. The minimum atomic E-state index is -0.320. The van der Waals surface area contributed by atoms with E-state index in [-0.39, 0.29) is 18.3 Å². The molecular formula is C20H20BNO2S2. The molecule has 0 bridgehead atoms. The molecule has 0 amide bonds. The van der Waals surface area contributed by atoms with Crippen molar-refractivity contribution in [1.29, 1.82) is 0 Å². The van der Waals surface area contributed by atoms with Crippen LogP contribution in [0.15, 0.2) is 47.8 Å². The standard InChI is InChI=1S/C20H20BNO2S2/c1-19(2)20(3,4)24-21(23-19)16-12-15-18(26-16)17-14(10-11-25-17)22(15)13-8-6-5-7-9-13/h5-12H,1-4H3. The minimum absolute atomic E-state index is 0.309. The van der Waals surface area contributed by atoms with Crippen molar-refractivity contribution < 1.29 is 9.31 Å². The van der Waals surface area contributed by atoms with Crippen molar-refractivity contribution in [3.05, 3.63) is 47.8 Å². The molecule has 26 heavy (non-hydrogen) atoms. The van der Waals surface area contributed by atoms with Crippen molar-refractivity contribution in [1.82, 2.24) is 4.57 Å². The maximum Gasteiger partial charge on any atom is 0.505 e. The summed E-state index contributed by atoms with van der Waals surface area (Å²) in [4.78, 5) is 0. The summed E-state index contributed by atoms with van der Waals surface area (Å²) < 4.78 is 18.7. The molecule has 1 aliphatic heterocycles. The van der Waals surface area contributed by atoms with Crippen LogP contribution in [0.4, 0.5) is 0 Å². The number of aromatic nitrogens is 1. The molecule has 0 atom stereocenters. The van der Waals surface area contributed by atoms with E-state index in [1.807, 2.05) is 0 Å². The molecule has 4 aromatic rings. The molecule has 4 heterocycles. The van der Waals surface area contributed by atoms with Crippen LogP contribution in [0.3, 0.4) is 0 Å². The summed E-state index contributed by atoms with van der Waals surface area (Å²) in [6.45, 7) is 8.40. The Labute approximate surface area is 161 Å². The number of thiophene rings is 2. The molecule has 1 aromatic carbocycles. The van der Waals surface area contributed by atoms with E-state index in [4.69, 9.17) is 9.31 Å². The summed E-state index contributed by atoms with van der Waals surface area (Å²) >= 11 is 3.58. The van der Waals surface area contributed by atoms with Gasteiger partial charge in [0.05, 0.1) is 31.6 Å². The van der Waals surface area contributed by atoms with Crippen LogP contribution in [0, 0.1) is 0 Å². The lowest BCUT2D eigenvalue weighted by Gasteiger charge is -2.32. The third-order valence-electron chi connectivity index (χ3n) is 5.56. The summed E-state index contributed by atoms with van der Waals surface area (Å²) in [6, 6.07) is 15.0. The molecule has 0 spiro atoms. The summed E-state index contributed by atoms with van der Waals surface area (Å²) in [5.41, 5.74) is 3.04. The summed E-state index contributed by atoms with van der Waals surface area (Å²) in [6.07, 6.45) is 0. The highest BCUT2D eigenvalue weighted by molar-refractivity contribution is 7.32. The molecule has 1 fully saturated rings. The van der Waals surface area contributed by atoms with Gasteiger partial charge in [0, 0.05) is 10.5 Å². The van der Waals surface area contributed by atoms with Gasteiger partial charge in [-0.3, -0.25) is 0 Å². The van der Waals surface area contributed by atoms with Gasteiger partial charge in [-0.1, -0.05) is 18.2 Å². The average Bonchev–Trinajstić information content (AvgIpc) is 3.29. The van der Waals surface area contributed by atoms with Crippen molar-refractivity contribution >= 4 is 55.0 Å². The van der Waals surface area contributed by atoms with Crippen LogP contribution < -0.4 is 4.78 Å². The zero-order chi connectivity index (χ0) is 18.1. The summed E-state index contributed by atoms with van der Waals surface area (Å²) in [5, 5.41) is 2.16. The van der Waals surface area contributed by atoms with Gasteiger partial charge in [0.2, 0.25) is 0 Å². The van der Waals surface area contributed by atoms with E-state index < -0.39 is 0 Å². The van der Waals surface area contributed by atoms with Crippen molar-refractivity contribution in [3.8, 4) is 5.69 Å². The molecule has 5 rings (SSSR count). The fourth-order valence-corrected chi connectivity index (χ4v) is 5.58. The first-order valence-electron chi connectivity index (χ1n) is 8.80. The van der Waals surface area contributed by atoms with Crippen molar-refractivity contribution in [2.75, 3.05) is 0 Å². The quantitative estimate of drug-likeness (QED) is 0.445. The monoisotopic (exact) mass is 381 g/mol. The molecule has 3 aromatic heterocycles. The van der Waals surface area contributed by atoms with Crippen molar-refractivity contribution in [2.24, 2.45) is 0 Å². The number of para-hydroxylation sites is 1. The number of benzene rings is 1. The first kappa shape index (κ1) is 16.6. The Hall–Kier alpha value is -1.60. The predicted molar refractivity (Wildman–Crippen MR) is 112 cm³/mol. The molecule has 3 nitrogen and oxygen atoms in total. The number of fused-ring (bicyclic) bond motifs is 3. The molecule has 0 N–H and O–H groups in total. The normalized spacial score (nSPS) is 19.0.